The van der Waals surface area contributed by atoms with Gasteiger partial charge >= 0.3 is 0 Å². The van der Waals surface area contributed by atoms with Crippen LogP contribution in [-0.4, -0.2) is 0 Å². The highest BCUT2D eigenvalue weighted by atomic mass is 15.1. The third-order valence-electron chi connectivity index (χ3n) is 13.9. The topological polar surface area (TPSA) is 6.48 Å². The summed E-state index contributed by atoms with van der Waals surface area (Å²) in [5.74, 6) is 0. The molecule has 0 amide bonds. The van der Waals surface area contributed by atoms with E-state index in [1.165, 1.54) is 50.1 Å². The van der Waals surface area contributed by atoms with E-state index in [1.54, 1.807) is 0 Å². The molecule has 0 atom stereocenters. The molecule has 0 spiro atoms. The lowest BCUT2D eigenvalue weighted by molar-refractivity contribution is 1.28. The van der Waals surface area contributed by atoms with Gasteiger partial charge < -0.3 is 9.80 Å². The van der Waals surface area contributed by atoms with Crippen molar-refractivity contribution in [3.63, 3.8) is 0 Å². The molecular formula is C72H52N2. The fraction of sp³-hybridized carbons (Fsp3) is 0. The minimum absolute atomic E-state index is 1.06. The minimum atomic E-state index is 1.06. The van der Waals surface area contributed by atoms with Crippen molar-refractivity contribution in [2.75, 3.05) is 9.80 Å². The van der Waals surface area contributed by atoms with Crippen molar-refractivity contribution in [2.45, 2.75) is 0 Å². The first-order chi connectivity index (χ1) is 36.7. The van der Waals surface area contributed by atoms with Gasteiger partial charge in [-0.3, -0.25) is 0 Å². The number of rotatable bonds is 13. The standard InChI is InChI=1S/C72H52N2/c1-7-19-53(20-8-1)57-31-41-64(42-32-57)73(65-43-33-58(34-44-65)54-21-9-2-10-22-54)66-49-39-63(40-50-66)72-70(61-27-15-5-16-28-61)51-69(52-71(72)62-29-17-6-18-30-62)74(67-45-35-59(36-46-67)55-23-11-3-12-24-55)68-47-37-60(38-48-68)56-25-13-4-14-26-56/h1-52H. The van der Waals surface area contributed by atoms with Gasteiger partial charge in [0.2, 0.25) is 0 Å². The molecule has 74 heavy (non-hydrogen) atoms. The second-order valence-electron chi connectivity index (χ2n) is 18.5. The number of nitrogens with zero attached hydrogens (tertiary/aromatic N) is 2. The number of hydrogen-bond acceptors (Lipinski definition) is 2. The summed E-state index contributed by atoms with van der Waals surface area (Å²) in [6.07, 6.45) is 0. The highest BCUT2D eigenvalue weighted by Crippen LogP contribution is 2.48. The predicted molar refractivity (Wildman–Crippen MR) is 314 cm³/mol. The minimum Gasteiger partial charge on any atom is -0.311 e. The van der Waals surface area contributed by atoms with Crippen molar-refractivity contribution in [2.24, 2.45) is 0 Å². The van der Waals surface area contributed by atoms with Crippen molar-refractivity contribution in [3.8, 4) is 77.9 Å². The molecule has 0 unspecified atom stereocenters. The summed E-state index contributed by atoms with van der Waals surface area (Å²) in [6.45, 7) is 0. The maximum atomic E-state index is 2.40. The summed E-state index contributed by atoms with van der Waals surface area (Å²) < 4.78 is 0. The van der Waals surface area contributed by atoms with Gasteiger partial charge in [0.25, 0.3) is 0 Å². The Hall–Kier alpha value is -9.76. The van der Waals surface area contributed by atoms with Crippen molar-refractivity contribution in [1.29, 1.82) is 0 Å². The lowest BCUT2D eigenvalue weighted by Crippen LogP contribution is -2.11. The van der Waals surface area contributed by atoms with E-state index in [2.05, 4.69) is 325 Å². The lowest BCUT2D eigenvalue weighted by Gasteiger charge is -2.29. The van der Waals surface area contributed by atoms with Crippen molar-refractivity contribution >= 4 is 34.1 Å². The zero-order chi connectivity index (χ0) is 49.5. The molecule has 0 N–H and O–H groups in total. The van der Waals surface area contributed by atoms with Gasteiger partial charge in [0, 0.05) is 34.1 Å². The monoisotopic (exact) mass is 944 g/mol. The van der Waals surface area contributed by atoms with E-state index in [0.29, 0.717) is 0 Å². The van der Waals surface area contributed by atoms with E-state index in [9.17, 15) is 0 Å². The van der Waals surface area contributed by atoms with Gasteiger partial charge in [0.05, 0.1) is 0 Å². The summed E-state index contributed by atoms with van der Waals surface area (Å²) in [5.41, 5.74) is 22.8. The van der Waals surface area contributed by atoms with Gasteiger partial charge in [-0.25, -0.2) is 0 Å². The Labute approximate surface area is 435 Å². The van der Waals surface area contributed by atoms with Crippen LogP contribution in [0.15, 0.2) is 315 Å². The largest absolute Gasteiger partial charge is 0.311 e. The van der Waals surface area contributed by atoms with Crippen molar-refractivity contribution < 1.29 is 0 Å². The Morgan fingerprint density at radius 3 is 0.581 bits per heavy atom. The van der Waals surface area contributed by atoms with Crippen LogP contribution in [0.3, 0.4) is 0 Å². The molecule has 0 saturated heterocycles. The highest BCUT2D eigenvalue weighted by Gasteiger charge is 2.22. The first kappa shape index (κ1) is 45.4. The first-order valence-electron chi connectivity index (χ1n) is 25.3. The number of benzene rings is 12. The van der Waals surface area contributed by atoms with E-state index < -0.39 is 0 Å². The van der Waals surface area contributed by atoms with Crippen LogP contribution in [-0.2, 0) is 0 Å². The fourth-order valence-corrected chi connectivity index (χ4v) is 10.2. The zero-order valence-corrected chi connectivity index (χ0v) is 40.9. The molecule has 12 aromatic rings. The Kier molecular flexibility index (Phi) is 12.8. The molecule has 0 aliphatic heterocycles. The van der Waals surface area contributed by atoms with E-state index >= 15 is 0 Å². The molecule has 2 heteroatoms. The molecule has 0 aromatic heterocycles. The van der Waals surface area contributed by atoms with Crippen molar-refractivity contribution in [1.82, 2.24) is 0 Å². The Balaban J connectivity index is 1.01. The van der Waals surface area contributed by atoms with Crippen LogP contribution in [0.25, 0.3) is 77.9 Å². The predicted octanol–water partition coefficient (Wildman–Crippen LogP) is 20.3. The number of anilines is 6. The molecule has 0 saturated carbocycles. The Morgan fingerprint density at radius 1 is 0.149 bits per heavy atom. The summed E-state index contributed by atoms with van der Waals surface area (Å²) in [7, 11) is 0. The van der Waals surface area contributed by atoms with Gasteiger partial charge in [0.1, 0.15) is 0 Å². The molecule has 12 rings (SSSR count). The average molecular weight is 945 g/mol. The van der Waals surface area contributed by atoms with Crippen LogP contribution in [0.5, 0.6) is 0 Å². The average Bonchev–Trinajstić information content (AvgIpc) is 3.49. The summed E-state index contributed by atoms with van der Waals surface area (Å²) in [4.78, 5) is 4.76. The third-order valence-corrected chi connectivity index (χ3v) is 13.9. The quantitative estimate of drug-likeness (QED) is 0.114. The molecule has 0 aliphatic rings. The molecule has 0 radical (unpaired) electrons. The number of hydrogen-bond donors (Lipinski definition) is 0. The van der Waals surface area contributed by atoms with Crippen LogP contribution < -0.4 is 9.80 Å². The molecule has 0 heterocycles. The van der Waals surface area contributed by atoms with E-state index in [-0.39, 0.29) is 0 Å². The zero-order valence-electron chi connectivity index (χ0n) is 40.9. The van der Waals surface area contributed by atoms with Crippen molar-refractivity contribution in [3.05, 3.63) is 315 Å². The molecule has 0 bridgehead atoms. The van der Waals surface area contributed by atoms with Crippen LogP contribution in [0.4, 0.5) is 34.1 Å². The Bertz CT molecular complexity index is 3510. The van der Waals surface area contributed by atoms with Gasteiger partial charge in [-0.1, -0.05) is 243 Å². The maximum absolute atomic E-state index is 2.40. The Morgan fingerprint density at radius 2 is 0.338 bits per heavy atom. The summed E-state index contributed by atoms with van der Waals surface area (Å²) >= 11 is 0. The van der Waals surface area contributed by atoms with Gasteiger partial charge in [-0.2, -0.15) is 0 Å². The maximum Gasteiger partial charge on any atom is 0.0474 e. The molecule has 2 nitrogen and oxygen atoms in total. The van der Waals surface area contributed by atoms with E-state index in [1.807, 2.05) is 0 Å². The molecule has 0 fully saturated rings. The van der Waals surface area contributed by atoms with Crippen LogP contribution in [0.2, 0.25) is 0 Å². The lowest BCUT2D eigenvalue weighted by atomic mass is 9.86. The van der Waals surface area contributed by atoms with Crippen LogP contribution in [0.1, 0.15) is 0 Å². The normalized spacial score (nSPS) is 11.0. The van der Waals surface area contributed by atoms with Gasteiger partial charge in [-0.15, -0.1) is 0 Å². The summed E-state index contributed by atoms with van der Waals surface area (Å²) in [6, 6.07) is 114. The van der Waals surface area contributed by atoms with Crippen LogP contribution in [0, 0.1) is 0 Å². The first-order valence-corrected chi connectivity index (χ1v) is 25.3. The second kappa shape index (κ2) is 20.9. The molecule has 0 aliphatic carbocycles. The van der Waals surface area contributed by atoms with Crippen LogP contribution >= 0.6 is 0 Å². The SMILES string of the molecule is c1ccc(-c2ccc(N(c3ccc(-c4ccccc4)cc3)c3ccc(-c4c(-c5ccccc5)cc(N(c5ccc(-c6ccccc6)cc5)c5ccc(-c6ccccc6)cc5)cc4-c4ccccc4)cc3)cc2)cc1. The smallest absolute Gasteiger partial charge is 0.0474 e. The summed E-state index contributed by atoms with van der Waals surface area (Å²) in [5, 5.41) is 0. The second-order valence-corrected chi connectivity index (χ2v) is 18.5. The third kappa shape index (κ3) is 9.56. The molecule has 12 aromatic carbocycles. The molecule has 350 valence electrons. The molecular weight excluding hydrogens is 893 g/mol. The highest BCUT2D eigenvalue weighted by molar-refractivity contribution is 5.99. The van der Waals surface area contributed by atoms with Gasteiger partial charge in [0.15, 0.2) is 0 Å². The van der Waals surface area contributed by atoms with E-state index in [0.717, 1.165) is 61.9 Å². The fourth-order valence-electron chi connectivity index (χ4n) is 10.2. The van der Waals surface area contributed by atoms with Gasteiger partial charge in [-0.05, 0) is 151 Å². The van der Waals surface area contributed by atoms with E-state index in [4.69, 9.17) is 0 Å².